The second-order valence-corrected chi connectivity index (χ2v) is 10.5. The molecule has 1 aliphatic carbocycles. The van der Waals surface area contributed by atoms with Crippen LogP contribution in [-0.4, -0.2) is 5.11 Å². The predicted molar refractivity (Wildman–Crippen MR) is 195 cm³/mol. The van der Waals surface area contributed by atoms with Crippen LogP contribution >= 0.6 is 0 Å². The summed E-state index contributed by atoms with van der Waals surface area (Å²) in [6.45, 7) is 12.4. The molecule has 5 aromatic carbocycles. The van der Waals surface area contributed by atoms with E-state index in [-0.39, 0.29) is 5.75 Å². The molecule has 0 amide bonds. The smallest absolute Gasteiger partial charge is 0.117 e. The fourth-order valence-electron chi connectivity index (χ4n) is 5.79. The van der Waals surface area contributed by atoms with Crippen molar-refractivity contribution in [3.8, 4) is 5.75 Å². The monoisotopic (exact) mass is 594 g/mol. The van der Waals surface area contributed by atoms with E-state index in [0.717, 1.165) is 41.3 Å². The molecule has 230 valence electrons. The number of para-hydroxylation sites is 3. The molecule has 0 saturated heterocycles. The van der Waals surface area contributed by atoms with Crippen molar-refractivity contribution in [2.24, 2.45) is 0 Å². The normalized spacial score (nSPS) is 12.2. The highest BCUT2D eigenvalue weighted by Crippen LogP contribution is 2.47. The highest BCUT2D eigenvalue weighted by molar-refractivity contribution is 5.90. The third-order valence-corrected chi connectivity index (χ3v) is 7.73. The molecule has 3 nitrogen and oxygen atoms in total. The van der Waals surface area contributed by atoms with Crippen LogP contribution in [-0.2, 0) is 0 Å². The Morgan fingerprint density at radius 3 is 1.51 bits per heavy atom. The van der Waals surface area contributed by atoms with Crippen LogP contribution in [0.25, 0.3) is 5.57 Å². The second-order valence-electron chi connectivity index (χ2n) is 10.5. The molecule has 6 rings (SSSR count). The van der Waals surface area contributed by atoms with E-state index in [2.05, 4.69) is 127 Å². The first-order chi connectivity index (χ1) is 22.1. The average Bonchev–Trinajstić information content (AvgIpc) is 3.10. The topological polar surface area (TPSA) is 26.7 Å². The summed E-state index contributed by atoms with van der Waals surface area (Å²) >= 11 is 0. The summed E-state index contributed by atoms with van der Waals surface area (Å²) < 4.78 is 0. The molecule has 0 saturated carbocycles. The van der Waals surface area contributed by atoms with E-state index in [1.165, 1.54) is 28.0 Å². The van der Waals surface area contributed by atoms with Crippen molar-refractivity contribution < 1.29 is 5.11 Å². The number of hydrogen-bond donors (Lipinski definition) is 1. The zero-order valence-corrected chi connectivity index (χ0v) is 27.5. The molecule has 0 bridgehead atoms. The fourth-order valence-corrected chi connectivity index (χ4v) is 5.79. The van der Waals surface area contributed by atoms with Gasteiger partial charge in [0.05, 0.1) is 11.4 Å². The second kappa shape index (κ2) is 16.2. The molecule has 0 spiro atoms. The van der Waals surface area contributed by atoms with Gasteiger partial charge in [0, 0.05) is 28.8 Å². The van der Waals surface area contributed by atoms with Gasteiger partial charge in [-0.15, -0.1) is 0 Å². The van der Waals surface area contributed by atoms with E-state index >= 15 is 0 Å². The minimum atomic E-state index is 0.232. The van der Waals surface area contributed by atoms with Crippen molar-refractivity contribution in [1.82, 2.24) is 0 Å². The average molecular weight is 595 g/mol. The maximum atomic E-state index is 10.9. The van der Waals surface area contributed by atoms with Gasteiger partial charge >= 0.3 is 0 Å². The number of rotatable bonds is 7. The van der Waals surface area contributed by atoms with E-state index in [1.807, 2.05) is 58.0 Å². The van der Waals surface area contributed by atoms with Gasteiger partial charge in [0.1, 0.15) is 5.75 Å². The summed E-state index contributed by atoms with van der Waals surface area (Å²) in [4.78, 5) is 4.57. The van der Waals surface area contributed by atoms with Crippen LogP contribution in [0.15, 0.2) is 151 Å². The van der Waals surface area contributed by atoms with Gasteiger partial charge in [-0.25, -0.2) is 0 Å². The molecule has 3 heteroatoms. The number of hydrogen-bond acceptors (Lipinski definition) is 3. The van der Waals surface area contributed by atoms with E-state index in [0.29, 0.717) is 0 Å². The lowest BCUT2D eigenvalue weighted by Gasteiger charge is -2.35. The third kappa shape index (κ3) is 7.56. The summed E-state index contributed by atoms with van der Waals surface area (Å²) in [5.74, 6) is 0.232. The van der Waals surface area contributed by atoms with Crippen molar-refractivity contribution in [3.63, 3.8) is 0 Å². The van der Waals surface area contributed by atoms with Gasteiger partial charge in [-0.1, -0.05) is 107 Å². The van der Waals surface area contributed by atoms with Crippen LogP contribution < -0.4 is 9.80 Å². The number of anilines is 5. The molecule has 0 unspecified atom stereocenters. The third-order valence-electron chi connectivity index (χ3n) is 7.73. The number of phenols is 1. The summed E-state index contributed by atoms with van der Waals surface area (Å²) in [6, 6.07) is 45.6. The van der Waals surface area contributed by atoms with Gasteiger partial charge in [-0.3, -0.25) is 0 Å². The minimum absolute atomic E-state index is 0.232. The number of aromatic hydroxyl groups is 1. The SMILES string of the molecule is CC.CC.CC1=C(c2ccccc2C)CCC(N(c2ccccc2)c2cc(O)ccc2N(c2ccccc2)c2ccccc2)=C1. The quantitative estimate of drug-likeness (QED) is 0.203. The highest BCUT2D eigenvalue weighted by Gasteiger charge is 2.25. The number of allylic oxidation sites excluding steroid dienone is 4. The Balaban J connectivity index is 0.00000111. The Morgan fingerprint density at radius 2 is 1.00 bits per heavy atom. The molecule has 1 aliphatic rings. The van der Waals surface area contributed by atoms with Gasteiger partial charge < -0.3 is 14.9 Å². The standard InChI is InChI=1S/C38H34N2O.2C2H6/c1-28-14-12-13-21-35(28)36-24-22-33(26-29(36)2)40(32-19-10-5-11-20-32)38-27-34(41)23-25-37(38)39(30-15-6-3-7-16-30)31-17-8-4-9-18-31;2*1-2/h3-21,23,25-27,41H,22,24H2,1-2H3;2*1-2H3. The van der Waals surface area contributed by atoms with E-state index in [1.54, 1.807) is 6.07 Å². The molecular formula is C42H46N2O. The molecule has 0 aliphatic heterocycles. The minimum Gasteiger partial charge on any atom is -0.508 e. The van der Waals surface area contributed by atoms with Gasteiger partial charge in [0.25, 0.3) is 0 Å². The zero-order chi connectivity index (χ0) is 32.2. The highest BCUT2D eigenvalue weighted by atomic mass is 16.3. The van der Waals surface area contributed by atoms with Gasteiger partial charge in [0.2, 0.25) is 0 Å². The van der Waals surface area contributed by atoms with Crippen LogP contribution in [0.2, 0.25) is 0 Å². The maximum Gasteiger partial charge on any atom is 0.117 e. The van der Waals surface area contributed by atoms with Crippen molar-refractivity contribution in [2.45, 2.75) is 54.4 Å². The fraction of sp³-hybridized carbons (Fsp3) is 0.190. The Morgan fingerprint density at radius 1 is 0.511 bits per heavy atom. The van der Waals surface area contributed by atoms with Gasteiger partial charge in [-0.2, -0.15) is 0 Å². The lowest BCUT2D eigenvalue weighted by atomic mass is 9.88. The zero-order valence-electron chi connectivity index (χ0n) is 27.5. The molecule has 5 aromatic rings. The molecule has 0 aromatic heterocycles. The molecule has 0 fully saturated rings. The van der Waals surface area contributed by atoms with E-state index in [9.17, 15) is 5.11 Å². The lowest BCUT2D eigenvalue weighted by Crippen LogP contribution is -2.22. The molecule has 0 atom stereocenters. The number of aryl methyl sites for hydroxylation is 1. The Kier molecular flexibility index (Phi) is 11.8. The summed E-state index contributed by atoms with van der Waals surface area (Å²) in [5.41, 5.74) is 11.5. The summed E-state index contributed by atoms with van der Waals surface area (Å²) in [7, 11) is 0. The Labute approximate surface area is 270 Å². The maximum absolute atomic E-state index is 10.9. The Bertz CT molecular complexity index is 1670. The van der Waals surface area contributed by atoms with Crippen LogP contribution in [0.4, 0.5) is 28.4 Å². The predicted octanol–water partition coefficient (Wildman–Crippen LogP) is 12.5. The first kappa shape index (κ1) is 32.9. The molecule has 0 heterocycles. The van der Waals surface area contributed by atoms with Crippen LogP contribution in [0.3, 0.4) is 0 Å². The number of benzene rings is 5. The van der Waals surface area contributed by atoms with Crippen LogP contribution in [0.1, 0.15) is 58.6 Å². The number of nitrogens with zero attached hydrogens (tertiary/aromatic N) is 2. The van der Waals surface area contributed by atoms with E-state index in [4.69, 9.17) is 0 Å². The van der Waals surface area contributed by atoms with Gasteiger partial charge in [0.15, 0.2) is 0 Å². The van der Waals surface area contributed by atoms with Crippen molar-refractivity contribution >= 4 is 34.0 Å². The van der Waals surface area contributed by atoms with Crippen LogP contribution in [0.5, 0.6) is 5.75 Å². The van der Waals surface area contributed by atoms with Crippen molar-refractivity contribution in [2.75, 3.05) is 9.80 Å². The molecule has 1 N–H and O–H groups in total. The number of phenolic OH excluding ortho intramolecular Hbond substituents is 1. The molecule has 45 heavy (non-hydrogen) atoms. The first-order valence-electron chi connectivity index (χ1n) is 16.1. The molecular weight excluding hydrogens is 548 g/mol. The molecule has 0 radical (unpaired) electrons. The Hall–Kier alpha value is -5.02. The largest absolute Gasteiger partial charge is 0.508 e. The lowest BCUT2D eigenvalue weighted by molar-refractivity contribution is 0.475. The summed E-state index contributed by atoms with van der Waals surface area (Å²) in [5, 5.41) is 10.9. The van der Waals surface area contributed by atoms with E-state index < -0.39 is 0 Å². The summed E-state index contributed by atoms with van der Waals surface area (Å²) in [6.07, 6.45) is 4.14. The van der Waals surface area contributed by atoms with Gasteiger partial charge in [-0.05, 0) is 104 Å². The first-order valence-corrected chi connectivity index (χ1v) is 16.1. The van der Waals surface area contributed by atoms with Crippen LogP contribution in [0, 0.1) is 6.92 Å². The van der Waals surface area contributed by atoms with Crippen molar-refractivity contribution in [3.05, 3.63) is 162 Å². The van der Waals surface area contributed by atoms with Crippen molar-refractivity contribution in [1.29, 1.82) is 0 Å².